The van der Waals surface area contributed by atoms with Crippen LogP contribution < -0.4 is 5.32 Å². The van der Waals surface area contributed by atoms with E-state index in [9.17, 15) is 13.2 Å². The van der Waals surface area contributed by atoms with E-state index in [2.05, 4.69) is 20.2 Å². The molecule has 0 atom stereocenters. The molecule has 0 saturated carbocycles. The molecular weight excluding hydrogens is 440 g/mol. The third-order valence-electron chi connectivity index (χ3n) is 6.95. The smallest absolute Gasteiger partial charge is 0.318 e. The first-order chi connectivity index (χ1) is 16.0. The van der Waals surface area contributed by atoms with Crippen molar-refractivity contribution in [2.75, 3.05) is 26.2 Å². The second-order valence-electron chi connectivity index (χ2n) is 9.02. The second kappa shape index (κ2) is 9.36. The van der Waals surface area contributed by atoms with Gasteiger partial charge in [0.15, 0.2) is 0 Å². The molecular formula is C23H30N6O3S. The van der Waals surface area contributed by atoms with E-state index in [1.807, 2.05) is 6.07 Å². The number of hydrogen-bond donors (Lipinski definition) is 1. The standard InChI is InChI=1S/C23H30N6O3S/c30-23(28-16-18-5-8-24-13-19(18)17-28)26-14-20-3-4-22(15-25-20)33(31,32)29-11-6-21(7-12-29)27-9-1-2-10-27/h3-5,8,13,15,21H,1-2,6-7,9-12,14,16-17H2,(H,26,30). The Morgan fingerprint density at radius 2 is 1.76 bits per heavy atom. The molecule has 2 aromatic heterocycles. The predicted molar refractivity (Wildman–Crippen MR) is 123 cm³/mol. The highest BCUT2D eigenvalue weighted by atomic mass is 32.2. The Hall–Kier alpha value is -2.56. The quantitative estimate of drug-likeness (QED) is 0.717. The summed E-state index contributed by atoms with van der Waals surface area (Å²) in [5.41, 5.74) is 2.79. The van der Waals surface area contributed by atoms with Gasteiger partial charge in [-0.3, -0.25) is 9.97 Å². The predicted octanol–water partition coefficient (Wildman–Crippen LogP) is 1.95. The van der Waals surface area contributed by atoms with E-state index in [4.69, 9.17) is 0 Å². The van der Waals surface area contributed by atoms with Crippen molar-refractivity contribution in [3.05, 3.63) is 53.6 Å². The number of aromatic nitrogens is 2. The van der Waals surface area contributed by atoms with Crippen LogP contribution in [0.3, 0.4) is 0 Å². The molecule has 2 aromatic rings. The molecule has 5 heterocycles. The molecule has 3 aliphatic rings. The van der Waals surface area contributed by atoms with Crippen LogP contribution in [0.2, 0.25) is 0 Å². The highest BCUT2D eigenvalue weighted by Gasteiger charge is 2.32. The Labute approximate surface area is 194 Å². The van der Waals surface area contributed by atoms with Gasteiger partial charge in [0.2, 0.25) is 10.0 Å². The van der Waals surface area contributed by atoms with Crippen LogP contribution in [0.5, 0.6) is 0 Å². The molecule has 0 radical (unpaired) electrons. The molecule has 3 aliphatic heterocycles. The summed E-state index contributed by atoms with van der Waals surface area (Å²) in [4.78, 5) is 25.3. The fourth-order valence-corrected chi connectivity index (χ4v) is 6.43. The Kier molecular flexibility index (Phi) is 6.31. The van der Waals surface area contributed by atoms with Crippen LogP contribution >= 0.6 is 0 Å². The molecule has 0 aliphatic carbocycles. The average Bonchev–Trinajstić information content (AvgIpc) is 3.53. The van der Waals surface area contributed by atoms with E-state index in [1.54, 1.807) is 33.7 Å². The van der Waals surface area contributed by atoms with Crippen molar-refractivity contribution >= 4 is 16.1 Å². The number of nitrogens with zero attached hydrogens (tertiary/aromatic N) is 5. The zero-order valence-electron chi connectivity index (χ0n) is 18.7. The van der Waals surface area contributed by atoms with Gasteiger partial charge in [-0.2, -0.15) is 4.31 Å². The summed E-state index contributed by atoms with van der Waals surface area (Å²) in [7, 11) is -3.55. The van der Waals surface area contributed by atoms with Crippen LogP contribution in [0.15, 0.2) is 41.7 Å². The van der Waals surface area contributed by atoms with Crippen molar-refractivity contribution in [2.45, 2.75) is 56.3 Å². The zero-order chi connectivity index (χ0) is 22.8. The normalized spacial score (nSPS) is 20.2. The van der Waals surface area contributed by atoms with Crippen molar-refractivity contribution in [1.29, 1.82) is 0 Å². The highest BCUT2D eigenvalue weighted by Crippen LogP contribution is 2.25. The molecule has 33 heavy (non-hydrogen) atoms. The number of likely N-dealkylation sites (tertiary alicyclic amines) is 1. The largest absolute Gasteiger partial charge is 0.332 e. The number of piperidine rings is 1. The van der Waals surface area contributed by atoms with Gasteiger partial charge in [-0.15, -0.1) is 0 Å². The summed E-state index contributed by atoms with van der Waals surface area (Å²) in [6.07, 6.45) is 9.19. The SMILES string of the molecule is O=C(NCc1ccc(S(=O)(=O)N2CCC(N3CCCC3)CC2)cn1)N1Cc2ccncc2C1. The topological polar surface area (TPSA) is 98.7 Å². The number of rotatable bonds is 5. The Morgan fingerprint density at radius 1 is 1.00 bits per heavy atom. The Morgan fingerprint density at radius 3 is 2.45 bits per heavy atom. The number of fused-ring (bicyclic) bond motifs is 1. The van der Waals surface area contributed by atoms with E-state index in [0.29, 0.717) is 37.9 Å². The van der Waals surface area contributed by atoms with Gasteiger partial charge < -0.3 is 15.1 Å². The van der Waals surface area contributed by atoms with E-state index in [1.165, 1.54) is 19.0 Å². The maximum absolute atomic E-state index is 13.1. The maximum atomic E-state index is 13.1. The average molecular weight is 471 g/mol. The molecule has 0 spiro atoms. The van der Waals surface area contributed by atoms with Crippen molar-refractivity contribution in [2.24, 2.45) is 0 Å². The Balaban J connectivity index is 1.14. The summed E-state index contributed by atoms with van der Waals surface area (Å²) < 4.78 is 27.7. The van der Waals surface area contributed by atoms with Crippen LogP contribution in [-0.4, -0.2) is 70.7 Å². The molecule has 2 amide bonds. The number of urea groups is 1. The van der Waals surface area contributed by atoms with Gasteiger partial charge in [-0.1, -0.05) is 0 Å². The van der Waals surface area contributed by atoms with E-state index in [-0.39, 0.29) is 17.5 Å². The first-order valence-electron chi connectivity index (χ1n) is 11.6. The molecule has 10 heteroatoms. The van der Waals surface area contributed by atoms with Crippen molar-refractivity contribution in [3.8, 4) is 0 Å². The first kappa shape index (κ1) is 22.2. The van der Waals surface area contributed by atoms with Crippen LogP contribution in [-0.2, 0) is 29.7 Å². The zero-order valence-corrected chi connectivity index (χ0v) is 19.5. The minimum Gasteiger partial charge on any atom is -0.332 e. The molecule has 1 N–H and O–H groups in total. The van der Waals surface area contributed by atoms with E-state index >= 15 is 0 Å². The number of sulfonamides is 1. The first-order valence-corrected chi connectivity index (χ1v) is 13.1. The third kappa shape index (κ3) is 4.73. The molecule has 9 nitrogen and oxygen atoms in total. The lowest BCUT2D eigenvalue weighted by molar-refractivity contribution is 0.168. The Bertz CT molecular complexity index is 1070. The highest BCUT2D eigenvalue weighted by molar-refractivity contribution is 7.89. The van der Waals surface area contributed by atoms with Gasteiger partial charge in [-0.05, 0) is 68.1 Å². The molecule has 0 bridgehead atoms. The summed E-state index contributed by atoms with van der Waals surface area (Å²) in [6, 6.07) is 5.52. The lowest BCUT2D eigenvalue weighted by atomic mass is 10.1. The number of pyridine rings is 2. The van der Waals surface area contributed by atoms with E-state index in [0.717, 1.165) is 37.1 Å². The van der Waals surface area contributed by atoms with Gasteiger partial charge in [0.1, 0.15) is 4.90 Å². The molecule has 0 aromatic carbocycles. The molecule has 2 saturated heterocycles. The van der Waals surface area contributed by atoms with Gasteiger partial charge in [-0.25, -0.2) is 13.2 Å². The van der Waals surface area contributed by atoms with Gasteiger partial charge in [0.05, 0.1) is 12.2 Å². The minimum atomic E-state index is -3.55. The van der Waals surface area contributed by atoms with Crippen molar-refractivity contribution in [3.63, 3.8) is 0 Å². The molecule has 5 rings (SSSR count). The lowest BCUT2D eigenvalue weighted by Crippen LogP contribution is -2.45. The minimum absolute atomic E-state index is 0.175. The summed E-state index contributed by atoms with van der Waals surface area (Å²) in [5.74, 6) is 0. The second-order valence-corrected chi connectivity index (χ2v) is 11.0. The number of hydrogen-bond acceptors (Lipinski definition) is 6. The summed E-state index contributed by atoms with van der Waals surface area (Å²) in [5, 5.41) is 2.87. The van der Waals surface area contributed by atoms with Gasteiger partial charge in [0.25, 0.3) is 0 Å². The van der Waals surface area contributed by atoms with Crippen LogP contribution in [0.1, 0.15) is 42.5 Å². The van der Waals surface area contributed by atoms with Crippen molar-refractivity contribution in [1.82, 2.24) is 29.4 Å². The van der Waals surface area contributed by atoms with E-state index < -0.39 is 10.0 Å². The molecule has 176 valence electrons. The van der Waals surface area contributed by atoms with Crippen molar-refractivity contribution < 1.29 is 13.2 Å². The van der Waals surface area contributed by atoms with Crippen LogP contribution in [0.4, 0.5) is 4.79 Å². The number of nitrogens with one attached hydrogen (secondary N) is 1. The molecule has 2 fully saturated rings. The van der Waals surface area contributed by atoms with Crippen LogP contribution in [0.25, 0.3) is 0 Å². The monoisotopic (exact) mass is 470 g/mol. The third-order valence-corrected chi connectivity index (χ3v) is 8.83. The fourth-order valence-electron chi connectivity index (χ4n) is 5.01. The summed E-state index contributed by atoms with van der Waals surface area (Å²) in [6.45, 7) is 4.72. The maximum Gasteiger partial charge on any atom is 0.318 e. The van der Waals surface area contributed by atoms with Crippen LogP contribution in [0, 0.1) is 0 Å². The lowest BCUT2D eigenvalue weighted by Gasteiger charge is -2.35. The summed E-state index contributed by atoms with van der Waals surface area (Å²) >= 11 is 0. The number of amides is 2. The fraction of sp³-hybridized carbons (Fsp3) is 0.522. The van der Waals surface area contributed by atoms with Gasteiger partial charge >= 0.3 is 6.03 Å². The van der Waals surface area contributed by atoms with Gasteiger partial charge in [0, 0.05) is 50.8 Å². The number of carbonyl (C=O) groups is 1. The molecule has 0 unspecified atom stereocenters. The number of carbonyl (C=O) groups excluding carboxylic acids is 1.